The Morgan fingerprint density at radius 2 is 2.00 bits per heavy atom. The van der Waals surface area contributed by atoms with Crippen molar-refractivity contribution >= 4 is 29.3 Å². The van der Waals surface area contributed by atoms with Crippen LogP contribution in [0, 0.1) is 5.92 Å². The van der Waals surface area contributed by atoms with E-state index in [1.54, 1.807) is 7.05 Å². The van der Waals surface area contributed by atoms with E-state index in [1.165, 1.54) is 11.8 Å². The number of alkyl halides is 3. The smallest absolute Gasteiger partial charge is 0.359 e. The van der Waals surface area contributed by atoms with Crippen molar-refractivity contribution in [3.63, 3.8) is 0 Å². The van der Waals surface area contributed by atoms with Crippen molar-refractivity contribution in [3.8, 4) is 0 Å². The fourth-order valence-electron chi connectivity index (χ4n) is 3.54. The lowest BCUT2D eigenvalue weighted by Crippen LogP contribution is -2.29. The van der Waals surface area contributed by atoms with Gasteiger partial charge in [-0.15, -0.1) is 11.8 Å². The Hall–Kier alpha value is -1.15. The van der Waals surface area contributed by atoms with Crippen molar-refractivity contribution in [1.29, 1.82) is 0 Å². The molecule has 1 saturated carbocycles. The minimum Gasteiger partial charge on any atom is -0.359 e. The molecule has 0 radical (unpaired) electrons. The van der Waals surface area contributed by atoms with Gasteiger partial charge in [-0.1, -0.05) is 17.7 Å². The molecule has 9 heteroatoms. The van der Waals surface area contributed by atoms with Gasteiger partial charge < -0.3 is 5.32 Å². The molecular formula is C16H19ClF3N3OS. The molecule has 1 aliphatic carbocycles. The van der Waals surface area contributed by atoms with Crippen molar-refractivity contribution in [3.05, 3.63) is 32.1 Å². The Labute approximate surface area is 152 Å². The number of nitrogens with zero attached hydrogens (tertiary/aromatic N) is 1. The standard InChI is InChI=1S/C16H19ClF3N3OS/c1-21-15-22-13(8-2-4-9(5-3-8)16(18,19)20)12(14(24)23-15)10-6-7-11(17)25-10/h7-10H,2-6H2,1H3,(H2,21,22,23,24). The number of hydrogen-bond donors (Lipinski definition) is 2. The zero-order valence-electron chi connectivity index (χ0n) is 13.6. The maximum Gasteiger partial charge on any atom is 0.391 e. The maximum atomic E-state index is 12.9. The minimum absolute atomic E-state index is 0.0772. The summed E-state index contributed by atoms with van der Waals surface area (Å²) in [6.45, 7) is 0. The number of nitrogens with one attached hydrogen (secondary N) is 2. The van der Waals surface area contributed by atoms with Crippen LogP contribution in [-0.2, 0) is 0 Å². The number of halogens is 4. The summed E-state index contributed by atoms with van der Waals surface area (Å²) in [5, 5.41) is 2.68. The van der Waals surface area contributed by atoms with Gasteiger partial charge in [0.05, 0.1) is 21.5 Å². The Morgan fingerprint density at radius 1 is 1.32 bits per heavy atom. The predicted molar refractivity (Wildman–Crippen MR) is 94.0 cm³/mol. The summed E-state index contributed by atoms with van der Waals surface area (Å²) in [4.78, 5) is 19.8. The van der Waals surface area contributed by atoms with E-state index in [0.717, 1.165) is 0 Å². The molecule has 2 N–H and O–H groups in total. The summed E-state index contributed by atoms with van der Waals surface area (Å²) in [6, 6.07) is 0. The monoisotopic (exact) mass is 393 g/mol. The normalized spacial score (nSPS) is 27.2. The summed E-state index contributed by atoms with van der Waals surface area (Å²) in [6.07, 6.45) is -0.749. The van der Waals surface area contributed by atoms with Crippen LogP contribution in [0.5, 0.6) is 0 Å². The SMILES string of the molecule is CNc1nc(C2CCC(C(F)(F)F)CC2)c(C2CC=C(Cl)S2)c(=O)[nH]1. The minimum atomic E-state index is -4.15. The highest BCUT2D eigenvalue weighted by Gasteiger charge is 2.42. The summed E-state index contributed by atoms with van der Waals surface area (Å²) in [7, 11) is 1.64. The maximum absolute atomic E-state index is 12.9. The molecule has 2 aliphatic rings. The molecule has 0 spiro atoms. The third kappa shape index (κ3) is 4.00. The zero-order chi connectivity index (χ0) is 18.2. The quantitative estimate of drug-likeness (QED) is 0.766. The molecule has 3 rings (SSSR count). The van der Waals surface area contributed by atoms with Crippen LogP contribution in [-0.4, -0.2) is 23.2 Å². The van der Waals surface area contributed by atoms with E-state index in [9.17, 15) is 18.0 Å². The molecule has 1 aromatic heterocycles. The third-order valence-corrected chi connectivity index (χ3v) is 6.39. The van der Waals surface area contributed by atoms with E-state index in [-0.39, 0.29) is 29.6 Å². The number of thioether (sulfide) groups is 1. The molecule has 1 atom stereocenters. The molecule has 0 amide bonds. The Bertz CT molecular complexity index is 726. The number of allylic oxidation sites excluding steroid dienone is 1. The van der Waals surface area contributed by atoms with Crippen LogP contribution in [0.15, 0.2) is 15.2 Å². The highest BCUT2D eigenvalue weighted by Crippen LogP contribution is 2.48. The molecule has 4 nitrogen and oxygen atoms in total. The molecule has 1 fully saturated rings. The van der Waals surface area contributed by atoms with Gasteiger partial charge in [0.2, 0.25) is 5.95 Å². The third-order valence-electron chi connectivity index (χ3n) is 4.87. The topological polar surface area (TPSA) is 57.8 Å². The van der Waals surface area contributed by atoms with Crippen molar-refractivity contribution < 1.29 is 13.2 Å². The zero-order valence-corrected chi connectivity index (χ0v) is 15.2. The van der Waals surface area contributed by atoms with Crippen LogP contribution in [0.4, 0.5) is 19.1 Å². The molecule has 1 aliphatic heterocycles. The van der Waals surface area contributed by atoms with Gasteiger partial charge in [0, 0.05) is 18.2 Å². The Balaban J connectivity index is 1.90. The Kier molecular flexibility index (Phi) is 5.39. The number of anilines is 1. The molecule has 1 unspecified atom stereocenters. The van der Waals surface area contributed by atoms with E-state index in [0.29, 0.717) is 40.8 Å². The number of hydrogen-bond acceptors (Lipinski definition) is 4. The van der Waals surface area contributed by atoms with Crippen molar-refractivity contribution in [2.45, 2.75) is 49.4 Å². The summed E-state index contributed by atoms with van der Waals surface area (Å²) >= 11 is 7.42. The van der Waals surface area contributed by atoms with Crippen molar-refractivity contribution in [2.24, 2.45) is 5.92 Å². The number of H-pyrrole nitrogens is 1. The second-order valence-corrected chi connectivity index (χ2v) is 8.28. The first kappa shape index (κ1) is 18.6. The highest BCUT2D eigenvalue weighted by molar-refractivity contribution is 8.05. The van der Waals surface area contributed by atoms with Gasteiger partial charge in [-0.25, -0.2) is 4.98 Å². The highest BCUT2D eigenvalue weighted by atomic mass is 35.5. The second-order valence-electron chi connectivity index (χ2n) is 6.40. The average Bonchev–Trinajstić information content (AvgIpc) is 2.99. The first-order valence-corrected chi connectivity index (χ1v) is 9.46. The van der Waals surface area contributed by atoms with Crippen LogP contribution >= 0.6 is 23.4 Å². The van der Waals surface area contributed by atoms with Gasteiger partial charge in [0.25, 0.3) is 5.56 Å². The van der Waals surface area contributed by atoms with Gasteiger partial charge in [0.1, 0.15) is 0 Å². The summed E-state index contributed by atoms with van der Waals surface area (Å²) in [5.41, 5.74) is 0.918. The molecule has 2 heterocycles. The fraction of sp³-hybridized carbons (Fsp3) is 0.625. The number of aromatic amines is 1. The fourth-order valence-corrected chi connectivity index (χ4v) is 4.96. The summed E-state index contributed by atoms with van der Waals surface area (Å²) < 4.78 is 39.4. The lowest BCUT2D eigenvalue weighted by Gasteiger charge is -2.31. The van der Waals surface area contributed by atoms with Gasteiger partial charge in [-0.05, 0) is 32.1 Å². The van der Waals surface area contributed by atoms with E-state index in [1.807, 2.05) is 6.08 Å². The van der Waals surface area contributed by atoms with Crippen LogP contribution in [0.2, 0.25) is 0 Å². The summed E-state index contributed by atoms with van der Waals surface area (Å²) in [5.74, 6) is -1.05. The molecule has 25 heavy (non-hydrogen) atoms. The van der Waals surface area contributed by atoms with Gasteiger partial charge in [-0.3, -0.25) is 9.78 Å². The molecule has 138 valence electrons. The van der Waals surface area contributed by atoms with Crippen LogP contribution in [0.1, 0.15) is 54.5 Å². The van der Waals surface area contributed by atoms with Gasteiger partial charge in [0.15, 0.2) is 0 Å². The molecular weight excluding hydrogens is 375 g/mol. The molecule has 0 aromatic carbocycles. The van der Waals surface area contributed by atoms with Crippen LogP contribution < -0.4 is 10.9 Å². The predicted octanol–water partition coefficient (Wildman–Crippen LogP) is 4.91. The Morgan fingerprint density at radius 3 is 2.52 bits per heavy atom. The van der Waals surface area contributed by atoms with Gasteiger partial charge in [-0.2, -0.15) is 13.2 Å². The lowest BCUT2D eigenvalue weighted by atomic mass is 9.79. The van der Waals surface area contributed by atoms with Crippen LogP contribution in [0.3, 0.4) is 0 Å². The molecule has 0 saturated heterocycles. The number of aromatic nitrogens is 2. The molecule has 1 aromatic rings. The van der Waals surface area contributed by atoms with Gasteiger partial charge >= 0.3 is 6.18 Å². The van der Waals surface area contributed by atoms with E-state index in [2.05, 4.69) is 15.3 Å². The van der Waals surface area contributed by atoms with Crippen molar-refractivity contribution in [1.82, 2.24) is 9.97 Å². The largest absolute Gasteiger partial charge is 0.391 e. The first-order chi connectivity index (χ1) is 11.8. The second kappa shape index (κ2) is 7.23. The number of rotatable bonds is 3. The molecule has 0 bridgehead atoms. The van der Waals surface area contributed by atoms with E-state index < -0.39 is 12.1 Å². The van der Waals surface area contributed by atoms with Crippen molar-refractivity contribution in [2.75, 3.05) is 12.4 Å². The average molecular weight is 394 g/mol. The van der Waals surface area contributed by atoms with Crippen LogP contribution in [0.25, 0.3) is 0 Å². The first-order valence-electron chi connectivity index (χ1n) is 8.20. The lowest BCUT2D eigenvalue weighted by molar-refractivity contribution is -0.182. The van der Waals surface area contributed by atoms with E-state index >= 15 is 0 Å². The van der Waals surface area contributed by atoms with E-state index in [4.69, 9.17) is 11.6 Å².